The zero-order chi connectivity index (χ0) is 15.1. The molecule has 118 valence electrons. The monoisotopic (exact) mass is 310 g/mol. The molecule has 2 N–H and O–H groups in total. The molecule has 0 aromatic rings. The van der Waals surface area contributed by atoms with Crippen molar-refractivity contribution in [3.63, 3.8) is 0 Å². The maximum atomic E-state index is 11.2. The van der Waals surface area contributed by atoms with Crippen LogP contribution in [0.15, 0.2) is 0 Å². The Morgan fingerprint density at radius 3 is 2.60 bits per heavy atom. The summed E-state index contributed by atoms with van der Waals surface area (Å²) in [6.45, 7) is 3.30. The van der Waals surface area contributed by atoms with E-state index in [0.717, 1.165) is 12.8 Å². The topological polar surface area (TPSA) is 94.5 Å². The first-order valence-corrected chi connectivity index (χ1v) is 7.11. The van der Waals surface area contributed by atoms with E-state index in [0.29, 0.717) is 6.61 Å². The van der Waals surface area contributed by atoms with E-state index >= 15 is 0 Å². The zero-order valence-electron chi connectivity index (χ0n) is 11.7. The second kappa shape index (κ2) is 8.87. The lowest BCUT2D eigenvalue weighted by Crippen LogP contribution is -2.60. The quantitative estimate of drug-likeness (QED) is 0.388. The van der Waals surface area contributed by atoms with Gasteiger partial charge in [-0.15, -0.1) is 0 Å². The van der Waals surface area contributed by atoms with Gasteiger partial charge in [0.05, 0.1) is 6.61 Å². The van der Waals surface area contributed by atoms with Crippen molar-refractivity contribution in [2.75, 3.05) is 13.2 Å². The predicted molar refractivity (Wildman–Crippen MR) is 72.8 cm³/mol. The second-order valence-electron chi connectivity index (χ2n) is 4.62. The van der Waals surface area contributed by atoms with Crippen LogP contribution in [0.1, 0.15) is 26.7 Å². The van der Waals surface area contributed by atoms with E-state index < -0.39 is 36.7 Å². The lowest BCUT2D eigenvalue weighted by molar-refractivity contribution is -0.287. The summed E-state index contributed by atoms with van der Waals surface area (Å²) in [6.07, 6.45) is -2.81. The van der Waals surface area contributed by atoms with Gasteiger partial charge in [0.1, 0.15) is 18.3 Å². The minimum absolute atomic E-state index is 0.383. The molecule has 0 aromatic heterocycles. The van der Waals surface area contributed by atoms with Gasteiger partial charge in [-0.1, -0.05) is 13.3 Å². The molecule has 0 aromatic carbocycles. The van der Waals surface area contributed by atoms with Gasteiger partial charge < -0.3 is 28.9 Å². The Balaban J connectivity index is 2.82. The van der Waals surface area contributed by atoms with E-state index in [2.05, 4.69) is 0 Å². The molecule has 1 saturated heterocycles. The summed E-state index contributed by atoms with van der Waals surface area (Å²) in [5.74, 6) is -0.524. The zero-order valence-corrected chi connectivity index (χ0v) is 12.9. The molecule has 0 saturated carbocycles. The highest BCUT2D eigenvalue weighted by atomic mass is 31.0. The van der Waals surface area contributed by atoms with Crippen molar-refractivity contribution in [1.82, 2.24) is 0 Å². The van der Waals surface area contributed by atoms with Crippen molar-refractivity contribution >= 4 is 15.4 Å². The molecular weight excluding hydrogens is 287 g/mol. The van der Waals surface area contributed by atoms with Crippen LogP contribution in [0, 0.1) is 0 Å². The van der Waals surface area contributed by atoms with Crippen LogP contribution in [0.5, 0.6) is 0 Å². The number of ether oxygens (including phenoxy) is 3. The largest absolute Gasteiger partial charge is 0.454 e. The van der Waals surface area contributed by atoms with Gasteiger partial charge in [-0.25, -0.2) is 0 Å². The van der Waals surface area contributed by atoms with Crippen LogP contribution in [0.3, 0.4) is 0 Å². The molecule has 1 aliphatic rings. The SMILES string of the molecule is CCCCO[C@H]1[C@H](O)[C@@H](CO)O[C@H](OP)[C@H]1OC(C)=O. The number of carbonyl (C=O) groups is 1. The highest BCUT2D eigenvalue weighted by Gasteiger charge is 2.48. The van der Waals surface area contributed by atoms with E-state index in [1.54, 1.807) is 0 Å². The molecule has 1 heterocycles. The summed E-state index contributed by atoms with van der Waals surface area (Å²) in [4.78, 5) is 11.2. The molecule has 0 amide bonds. The second-order valence-corrected chi connectivity index (χ2v) is 4.89. The average molecular weight is 310 g/mol. The molecule has 0 spiro atoms. The van der Waals surface area contributed by atoms with Gasteiger partial charge in [0.25, 0.3) is 0 Å². The Morgan fingerprint density at radius 1 is 1.40 bits per heavy atom. The molecule has 0 bridgehead atoms. The van der Waals surface area contributed by atoms with Gasteiger partial charge in [0, 0.05) is 23.0 Å². The number of aliphatic hydroxyl groups is 2. The van der Waals surface area contributed by atoms with Crippen LogP contribution >= 0.6 is 9.47 Å². The van der Waals surface area contributed by atoms with Crippen molar-refractivity contribution in [3.05, 3.63) is 0 Å². The summed E-state index contributed by atoms with van der Waals surface area (Å²) < 4.78 is 21.1. The van der Waals surface area contributed by atoms with E-state index in [1.165, 1.54) is 6.92 Å². The Kier molecular flexibility index (Phi) is 7.87. The first-order valence-electron chi connectivity index (χ1n) is 6.63. The summed E-state index contributed by atoms with van der Waals surface area (Å²) in [5.41, 5.74) is 0. The fourth-order valence-corrected chi connectivity index (χ4v) is 2.24. The normalized spacial score (nSPS) is 34.0. The van der Waals surface area contributed by atoms with Crippen molar-refractivity contribution in [3.8, 4) is 0 Å². The smallest absolute Gasteiger partial charge is 0.303 e. The number of rotatable bonds is 7. The standard InChI is InChI=1S/C12H23O7P/c1-3-4-5-16-10-9(15)8(6-13)18-12(19-20)11(10)17-7(2)14/h8-13,15H,3-6,20H2,1-2H3/t8-,9-,10+,11+,12-/m1/s1. The van der Waals surface area contributed by atoms with Crippen LogP contribution in [-0.4, -0.2) is 60.1 Å². The number of unbranched alkanes of at least 4 members (excludes halogenated alkanes) is 1. The number of carbonyl (C=O) groups excluding carboxylic acids is 1. The van der Waals surface area contributed by atoms with Gasteiger partial charge >= 0.3 is 5.97 Å². The van der Waals surface area contributed by atoms with Crippen LogP contribution in [-0.2, 0) is 23.5 Å². The van der Waals surface area contributed by atoms with Crippen molar-refractivity contribution in [2.45, 2.75) is 57.4 Å². The van der Waals surface area contributed by atoms with Crippen LogP contribution in [0.4, 0.5) is 0 Å². The van der Waals surface area contributed by atoms with Crippen molar-refractivity contribution in [2.24, 2.45) is 0 Å². The third kappa shape index (κ3) is 4.62. The molecule has 20 heavy (non-hydrogen) atoms. The Bertz CT molecular complexity index is 302. The predicted octanol–water partition coefficient (Wildman–Crippen LogP) is -0.0118. The molecule has 0 radical (unpaired) electrons. The summed E-state index contributed by atoms with van der Waals surface area (Å²) >= 11 is 0. The highest BCUT2D eigenvalue weighted by Crippen LogP contribution is 2.28. The van der Waals surface area contributed by atoms with Gasteiger partial charge in [-0.2, -0.15) is 0 Å². The summed E-state index contributed by atoms with van der Waals surface area (Å²) in [6, 6.07) is 0. The molecule has 1 fully saturated rings. The molecule has 7 nitrogen and oxygen atoms in total. The van der Waals surface area contributed by atoms with Crippen LogP contribution in [0.2, 0.25) is 0 Å². The minimum Gasteiger partial charge on any atom is -0.454 e. The van der Waals surface area contributed by atoms with Crippen LogP contribution < -0.4 is 0 Å². The molecule has 0 aliphatic carbocycles. The highest BCUT2D eigenvalue weighted by molar-refractivity contribution is 7.09. The Morgan fingerprint density at radius 2 is 2.10 bits per heavy atom. The van der Waals surface area contributed by atoms with E-state index in [-0.39, 0.29) is 6.61 Å². The maximum absolute atomic E-state index is 11.2. The first-order chi connectivity index (χ1) is 9.54. The number of aliphatic hydroxyl groups excluding tert-OH is 2. The lowest BCUT2D eigenvalue weighted by atomic mass is 9.99. The maximum Gasteiger partial charge on any atom is 0.303 e. The Hall–Kier alpha value is -0.300. The van der Waals surface area contributed by atoms with E-state index in [1.807, 2.05) is 16.4 Å². The molecule has 8 heteroatoms. The van der Waals surface area contributed by atoms with Gasteiger partial charge in [0.2, 0.25) is 6.29 Å². The van der Waals surface area contributed by atoms with Crippen molar-refractivity contribution in [1.29, 1.82) is 0 Å². The van der Waals surface area contributed by atoms with Crippen LogP contribution in [0.25, 0.3) is 0 Å². The summed E-state index contributed by atoms with van der Waals surface area (Å²) in [5, 5.41) is 19.4. The van der Waals surface area contributed by atoms with E-state index in [9.17, 15) is 15.0 Å². The molecule has 1 unspecified atom stereocenters. The number of esters is 1. The minimum atomic E-state index is -1.10. The van der Waals surface area contributed by atoms with Gasteiger partial charge in [-0.3, -0.25) is 4.79 Å². The number of hydrogen-bond acceptors (Lipinski definition) is 7. The fourth-order valence-electron chi connectivity index (χ4n) is 2.02. The third-order valence-electron chi connectivity index (χ3n) is 3.04. The molecule has 1 aliphatic heterocycles. The van der Waals surface area contributed by atoms with Gasteiger partial charge in [0.15, 0.2) is 6.10 Å². The fraction of sp³-hybridized carbons (Fsp3) is 0.917. The van der Waals surface area contributed by atoms with E-state index in [4.69, 9.17) is 18.7 Å². The van der Waals surface area contributed by atoms with Gasteiger partial charge in [-0.05, 0) is 6.42 Å². The molecule has 6 atom stereocenters. The first kappa shape index (κ1) is 17.8. The van der Waals surface area contributed by atoms with Crippen molar-refractivity contribution < 1.29 is 33.7 Å². The average Bonchev–Trinajstić information content (AvgIpc) is 2.42. The lowest BCUT2D eigenvalue weighted by Gasteiger charge is -2.42. The molecule has 1 rings (SSSR count). The number of hydrogen-bond donors (Lipinski definition) is 2. The summed E-state index contributed by atoms with van der Waals surface area (Å²) in [7, 11) is 2.02. The molecular formula is C12H23O7P. The Labute approximate surface area is 120 Å². The third-order valence-corrected chi connectivity index (χ3v) is 3.31.